The maximum atomic E-state index is 12.7. The molecule has 0 spiro atoms. The number of nitrogens with one attached hydrogen (secondary N) is 1. The Balaban J connectivity index is 1.16. The molecular formula is C28H32N4O3. The largest absolute Gasteiger partial charge is 0.349 e. The SMILES string of the molecule is CC1CCC(NC(=O)c2ccc(-c3noc(C4CCN(C(=O)c5ccccc5)CC4)n3)cc2)CC1. The molecule has 3 aromatic rings. The van der Waals surface area contributed by atoms with Gasteiger partial charge in [-0.05, 0) is 68.7 Å². The van der Waals surface area contributed by atoms with Crippen molar-refractivity contribution in [3.63, 3.8) is 0 Å². The highest BCUT2D eigenvalue weighted by Gasteiger charge is 2.28. The number of hydrogen-bond acceptors (Lipinski definition) is 5. The number of hydrogen-bond donors (Lipinski definition) is 1. The zero-order valence-electron chi connectivity index (χ0n) is 20.2. The first kappa shape index (κ1) is 23.3. The van der Waals surface area contributed by atoms with Gasteiger partial charge >= 0.3 is 0 Å². The molecule has 2 aliphatic rings. The summed E-state index contributed by atoms with van der Waals surface area (Å²) in [6, 6.07) is 17.0. The van der Waals surface area contributed by atoms with Crippen LogP contribution in [-0.4, -0.2) is 46.0 Å². The van der Waals surface area contributed by atoms with Gasteiger partial charge in [0.2, 0.25) is 11.7 Å². The highest BCUT2D eigenvalue weighted by Crippen LogP contribution is 2.29. The van der Waals surface area contributed by atoms with Gasteiger partial charge in [0.05, 0.1) is 0 Å². The van der Waals surface area contributed by atoms with Gasteiger partial charge in [-0.1, -0.05) is 42.4 Å². The molecule has 2 fully saturated rings. The summed E-state index contributed by atoms with van der Waals surface area (Å²) >= 11 is 0. The molecule has 1 saturated heterocycles. The lowest BCUT2D eigenvalue weighted by molar-refractivity contribution is 0.0704. The van der Waals surface area contributed by atoms with Crippen molar-refractivity contribution in [2.75, 3.05) is 13.1 Å². The van der Waals surface area contributed by atoms with Crippen LogP contribution in [0.2, 0.25) is 0 Å². The summed E-state index contributed by atoms with van der Waals surface area (Å²) in [5, 5.41) is 7.34. The van der Waals surface area contributed by atoms with E-state index in [9.17, 15) is 9.59 Å². The van der Waals surface area contributed by atoms with Gasteiger partial charge < -0.3 is 14.7 Å². The Morgan fingerprint density at radius 3 is 2.26 bits per heavy atom. The minimum Gasteiger partial charge on any atom is -0.349 e. The molecule has 2 aromatic carbocycles. The summed E-state index contributed by atoms with van der Waals surface area (Å²) in [6.45, 7) is 3.61. The standard InChI is InChI=1S/C28H32N4O3/c1-19-7-13-24(14-8-19)29-26(33)21-11-9-20(10-12-21)25-30-27(35-31-25)22-15-17-32(18-16-22)28(34)23-5-3-2-4-6-23/h2-6,9-12,19,22,24H,7-8,13-18H2,1H3,(H,29,33). The van der Waals surface area contributed by atoms with Crippen LogP contribution in [0.25, 0.3) is 11.4 Å². The van der Waals surface area contributed by atoms with Crippen LogP contribution >= 0.6 is 0 Å². The minimum absolute atomic E-state index is 0.0262. The maximum Gasteiger partial charge on any atom is 0.253 e. The lowest BCUT2D eigenvalue weighted by Gasteiger charge is -2.30. The second-order valence-electron chi connectivity index (χ2n) is 9.90. The van der Waals surface area contributed by atoms with Gasteiger partial charge in [-0.15, -0.1) is 0 Å². The smallest absolute Gasteiger partial charge is 0.253 e. The van der Waals surface area contributed by atoms with Crippen LogP contribution in [0.15, 0.2) is 59.1 Å². The molecule has 2 heterocycles. The van der Waals surface area contributed by atoms with Crippen molar-refractivity contribution >= 4 is 11.8 Å². The fourth-order valence-corrected chi connectivity index (χ4v) is 5.05. The van der Waals surface area contributed by atoms with Gasteiger partial charge in [0.1, 0.15) is 0 Å². The Morgan fingerprint density at radius 1 is 0.886 bits per heavy atom. The molecule has 182 valence electrons. The van der Waals surface area contributed by atoms with Crippen molar-refractivity contribution in [2.24, 2.45) is 5.92 Å². The molecule has 7 nitrogen and oxygen atoms in total. The second kappa shape index (κ2) is 10.4. The molecule has 1 saturated carbocycles. The highest BCUT2D eigenvalue weighted by molar-refractivity contribution is 5.95. The van der Waals surface area contributed by atoms with Crippen molar-refractivity contribution < 1.29 is 14.1 Å². The van der Waals surface area contributed by atoms with E-state index in [0.29, 0.717) is 30.4 Å². The van der Waals surface area contributed by atoms with Crippen LogP contribution in [0.1, 0.15) is 78.0 Å². The zero-order chi connectivity index (χ0) is 24.2. The van der Waals surface area contributed by atoms with Crippen molar-refractivity contribution in [1.82, 2.24) is 20.4 Å². The topological polar surface area (TPSA) is 88.3 Å². The van der Waals surface area contributed by atoms with Crippen LogP contribution in [0.4, 0.5) is 0 Å². The first-order valence-electron chi connectivity index (χ1n) is 12.7. The van der Waals surface area contributed by atoms with E-state index in [1.54, 1.807) is 0 Å². The number of likely N-dealkylation sites (tertiary alicyclic amines) is 1. The summed E-state index contributed by atoms with van der Waals surface area (Å²) in [7, 11) is 0. The summed E-state index contributed by atoms with van der Waals surface area (Å²) in [6.07, 6.45) is 6.03. The Labute approximate surface area is 205 Å². The molecular weight excluding hydrogens is 440 g/mol. The number of carbonyl (C=O) groups is 2. The third-order valence-electron chi connectivity index (χ3n) is 7.35. The quantitative estimate of drug-likeness (QED) is 0.560. The Bertz CT molecular complexity index is 1140. The molecule has 5 rings (SSSR count). The van der Waals surface area contributed by atoms with Crippen molar-refractivity contribution in [1.29, 1.82) is 0 Å². The lowest BCUT2D eigenvalue weighted by Crippen LogP contribution is -2.37. The van der Waals surface area contributed by atoms with Gasteiger partial charge in [-0.25, -0.2) is 0 Å². The van der Waals surface area contributed by atoms with E-state index in [2.05, 4.69) is 22.4 Å². The van der Waals surface area contributed by atoms with E-state index in [1.807, 2.05) is 59.5 Å². The van der Waals surface area contributed by atoms with Gasteiger partial charge in [-0.3, -0.25) is 9.59 Å². The zero-order valence-corrected chi connectivity index (χ0v) is 20.2. The van der Waals surface area contributed by atoms with Crippen molar-refractivity contribution in [2.45, 2.75) is 57.4 Å². The van der Waals surface area contributed by atoms with Crippen LogP contribution in [0.3, 0.4) is 0 Å². The number of rotatable bonds is 5. The Kier molecular flexibility index (Phi) is 6.93. The number of aromatic nitrogens is 2. The van der Waals surface area contributed by atoms with E-state index in [-0.39, 0.29) is 23.8 Å². The fourth-order valence-electron chi connectivity index (χ4n) is 5.05. The number of piperidine rings is 1. The Hall–Kier alpha value is -3.48. The molecule has 35 heavy (non-hydrogen) atoms. The predicted molar refractivity (Wildman–Crippen MR) is 133 cm³/mol. The van der Waals surface area contributed by atoms with Gasteiger partial charge in [-0.2, -0.15) is 4.98 Å². The molecule has 0 atom stereocenters. The van der Waals surface area contributed by atoms with Crippen molar-refractivity contribution in [3.05, 3.63) is 71.6 Å². The second-order valence-corrected chi connectivity index (χ2v) is 9.90. The molecule has 1 aliphatic carbocycles. The number of amides is 2. The predicted octanol–water partition coefficient (Wildman–Crippen LogP) is 5.06. The van der Waals surface area contributed by atoms with Crippen LogP contribution in [0.5, 0.6) is 0 Å². The van der Waals surface area contributed by atoms with E-state index < -0.39 is 0 Å². The van der Waals surface area contributed by atoms with Crippen molar-refractivity contribution in [3.8, 4) is 11.4 Å². The molecule has 0 bridgehead atoms. The minimum atomic E-state index is -0.0262. The van der Waals surface area contributed by atoms with Crippen LogP contribution < -0.4 is 5.32 Å². The summed E-state index contributed by atoms with van der Waals surface area (Å²) in [5.74, 6) is 2.07. The highest BCUT2D eigenvalue weighted by atomic mass is 16.5. The molecule has 1 N–H and O–H groups in total. The molecule has 2 amide bonds. The van der Waals surface area contributed by atoms with E-state index >= 15 is 0 Å². The molecule has 1 aromatic heterocycles. The Morgan fingerprint density at radius 2 is 1.57 bits per heavy atom. The first-order chi connectivity index (χ1) is 17.1. The van der Waals surface area contributed by atoms with Gasteiger partial charge in [0, 0.05) is 41.7 Å². The monoisotopic (exact) mass is 472 g/mol. The molecule has 0 radical (unpaired) electrons. The average Bonchev–Trinajstić information content (AvgIpc) is 3.41. The van der Waals surface area contributed by atoms with E-state index in [1.165, 1.54) is 12.8 Å². The summed E-state index contributed by atoms with van der Waals surface area (Å²) in [5.41, 5.74) is 2.18. The number of carbonyl (C=O) groups excluding carboxylic acids is 2. The number of nitrogens with zero attached hydrogens (tertiary/aromatic N) is 3. The normalized spacial score (nSPS) is 21.0. The summed E-state index contributed by atoms with van der Waals surface area (Å²) < 4.78 is 5.58. The van der Waals surface area contributed by atoms with E-state index in [4.69, 9.17) is 4.52 Å². The molecule has 0 unspecified atom stereocenters. The van der Waals surface area contributed by atoms with Crippen LogP contribution in [0, 0.1) is 5.92 Å². The van der Waals surface area contributed by atoms with Gasteiger partial charge in [0.15, 0.2) is 0 Å². The third kappa shape index (κ3) is 5.45. The average molecular weight is 473 g/mol. The summed E-state index contributed by atoms with van der Waals surface area (Å²) in [4.78, 5) is 31.8. The van der Waals surface area contributed by atoms with Gasteiger partial charge in [0.25, 0.3) is 11.8 Å². The molecule has 1 aliphatic heterocycles. The lowest BCUT2D eigenvalue weighted by atomic mass is 9.87. The van der Waals surface area contributed by atoms with Crippen LogP contribution in [-0.2, 0) is 0 Å². The third-order valence-corrected chi connectivity index (χ3v) is 7.35. The number of benzene rings is 2. The van der Waals surface area contributed by atoms with E-state index in [0.717, 1.165) is 42.7 Å². The first-order valence-corrected chi connectivity index (χ1v) is 12.7. The molecule has 7 heteroatoms. The maximum absolute atomic E-state index is 12.7. The fraction of sp³-hybridized carbons (Fsp3) is 0.429.